The number of hydrogen-bond donors (Lipinski definition) is 1. The molecular weight excluding hydrogens is 272 g/mol. The topological polar surface area (TPSA) is 45.0 Å². The Hall–Kier alpha value is -2.31. The van der Waals surface area contributed by atoms with Crippen LogP contribution in [0.15, 0.2) is 54.6 Å². The lowest BCUT2D eigenvalue weighted by Crippen LogP contribution is -2.22. The van der Waals surface area contributed by atoms with Crippen LogP contribution in [-0.2, 0) is 6.42 Å². The first-order chi connectivity index (χ1) is 10.7. The first-order valence-electron chi connectivity index (χ1n) is 7.62. The summed E-state index contributed by atoms with van der Waals surface area (Å²) >= 11 is 0. The van der Waals surface area contributed by atoms with Crippen molar-refractivity contribution in [1.29, 1.82) is 5.26 Å². The van der Waals surface area contributed by atoms with Gasteiger partial charge in [0.2, 0.25) is 0 Å². The van der Waals surface area contributed by atoms with Gasteiger partial charge in [0, 0.05) is 6.54 Å². The van der Waals surface area contributed by atoms with E-state index in [4.69, 9.17) is 4.74 Å². The molecule has 0 heterocycles. The molecule has 0 aliphatic rings. The standard InChI is InChI=1S/C19H22N2O/c1-15(2)22-18-10-6-9-17(13-18)19(14-20)21-12-11-16-7-4-3-5-8-16/h3-10,13,15,19,21H,11-12H2,1-2H3. The Labute approximate surface area is 132 Å². The fraction of sp³-hybridized carbons (Fsp3) is 0.316. The maximum absolute atomic E-state index is 9.40. The molecule has 0 aliphatic carbocycles. The van der Waals surface area contributed by atoms with Gasteiger partial charge < -0.3 is 4.74 Å². The quantitative estimate of drug-likeness (QED) is 0.843. The molecule has 1 N–H and O–H groups in total. The highest BCUT2D eigenvalue weighted by Gasteiger charge is 2.10. The largest absolute Gasteiger partial charge is 0.491 e. The van der Waals surface area contributed by atoms with Crippen LogP contribution in [0.2, 0.25) is 0 Å². The van der Waals surface area contributed by atoms with E-state index >= 15 is 0 Å². The average Bonchev–Trinajstić information content (AvgIpc) is 2.52. The minimum atomic E-state index is -0.320. The maximum Gasteiger partial charge on any atom is 0.121 e. The number of benzene rings is 2. The minimum Gasteiger partial charge on any atom is -0.491 e. The molecule has 114 valence electrons. The van der Waals surface area contributed by atoms with Crippen LogP contribution in [0.5, 0.6) is 5.75 Å². The second kappa shape index (κ2) is 8.21. The van der Waals surface area contributed by atoms with E-state index in [1.807, 2.05) is 56.3 Å². The van der Waals surface area contributed by atoms with Gasteiger partial charge in [-0.3, -0.25) is 5.32 Å². The molecule has 0 saturated heterocycles. The van der Waals surface area contributed by atoms with Gasteiger partial charge in [-0.15, -0.1) is 0 Å². The van der Waals surface area contributed by atoms with Crippen LogP contribution in [0.3, 0.4) is 0 Å². The predicted octanol–water partition coefficient (Wildman–Crippen LogP) is 3.87. The number of hydrogen-bond acceptors (Lipinski definition) is 3. The van der Waals surface area contributed by atoms with Gasteiger partial charge in [-0.2, -0.15) is 5.26 Å². The van der Waals surface area contributed by atoms with Crippen LogP contribution in [0.1, 0.15) is 31.0 Å². The fourth-order valence-electron chi connectivity index (χ4n) is 2.28. The first-order valence-corrected chi connectivity index (χ1v) is 7.62. The van der Waals surface area contributed by atoms with Crippen LogP contribution >= 0.6 is 0 Å². The molecule has 22 heavy (non-hydrogen) atoms. The molecule has 0 saturated carbocycles. The number of nitrogens with zero attached hydrogens (tertiary/aromatic N) is 1. The van der Waals surface area contributed by atoms with Crippen LogP contribution in [0.25, 0.3) is 0 Å². The minimum absolute atomic E-state index is 0.127. The third kappa shape index (κ3) is 4.91. The SMILES string of the molecule is CC(C)Oc1cccc(C(C#N)NCCc2ccccc2)c1. The van der Waals surface area contributed by atoms with Gasteiger partial charge in [-0.05, 0) is 43.5 Å². The Kier molecular flexibility index (Phi) is 6.00. The molecule has 3 heteroatoms. The van der Waals surface area contributed by atoms with Crippen LogP contribution in [-0.4, -0.2) is 12.6 Å². The van der Waals surface area contributed by atoms with E-state index in [9.17, 15) is 5.26 Å². The lowest BCUT2D eigenvalue weighted by molar-refractivity contribution is 0.242. The summed E-state index contributed by atoms with van der Waals surface area (Å²) in [6, 6.07) is 20.0. The summed E-state index contributed by atoms with van der Waals surface area (Å²) in [7, 11) is 0. The van der Waals surface area contributed by atoms with Crippen molar-refractivity contribution in [3.63, 3.8) is 0 Å². The van der Waals surface area contributed by atoms with Gasteiger partial charge in [-0.25, -0.2) is 0 Å². The molecule has 1 atom stereocenters. The van der Waals surface area contributed by atoms with E-state index in [-0.39, 0.29) is 12.1 Å². The van der Waals surface area contributed by atoms with Gasteiger partial charge in [0.15, 0.2) is 0 Å². The second-order valence-electron chi connectivity index (χ2n) is 5.49. The Bertz CT molecular complexity index is 617. The van der Waals surface area contributed by atoms with Gasteiger partial charge in [0.1, 0.15) is 11.8 Å². The smallest absolute Gasteiger partial charge is 0.121 e. The van der Waals surface area contributed by atoms with Crippen LogP contribution < -0.4 is 10.1 Å². The first kappa shape index (κ1) is 16.1. The Balaban J connectivity index is 1.95. The molecule has 2 aromatic carbocycles. The highest BCUT2D eigenvalue weighted by atomic mass is 16.5. The second-order valence-corrected chi connectivity index (χ2v) is 5.49. The lowest BCUT2D eigenvalue weighted by Gasteiger charge is -2.15. The van der Waals surface area contributed by atoms with Crippen molar-refractivity contribution in [1.82, 2.24) is 5.32 Å². The summed E-state index contributed by atoms with van der Waals surface area (Å²) in [5.74, 6) is 0.803. The molecule has 1 unspecified atom stereocenters. The molecular formula is C19H22N2O. The normalized spacial score (nSPS) is 11.9. The molecule has 0 bridgehead atoms. The highest BCUT2D eigenvalue weighted by Crippen LogP contribution is 2.20. The van der Waals surface area contributed by atoms with Crippen LogP contribution in [0, 0.1) is 11.3 Å². The molecule has 3 nitrogen and oxygen atoms in total. The number of nitrogens with one attached hydrogen (secondary N) is 1. The van der Waals surface area contributed by atoms with E-state index in [1.54, 1.807) is 0 Å². The number of rotatable bonds is 7. The van der Waals surface area contributed by atoms with Crippen molar-refractivity contribution in [3.05, 3.63) is 65.7 Å². The number of nitriles is 1. The summed E-state index contributed by atoms with van der Waals surface area (Å²) in [5, 5.41) is 12.7. The van der Waals surface area contributed by atoms with E-state index in [0.717, 1.165) is 24.3 Å². The summed E-state index contributed by atoms with van der Waals surface area (Å²) in [6.07, 6.45) is 1.03. The summed E-state index contributed by atoms with van der Waals surface area (Å²) < 4.78 is 5.69. The third-order valence-corrected chi connectivity index (χ3v) is 3.30. The zero-order chi connectivity index (χ0) is 15.8. The summed E-state index contributed by atoms with van der Waals surface area (Å²) in [6.45, 7) is 4.75. The van der Waals surface area contributed by atoms with Gasteiger partial charge in [0.25, 0.3) is 0 Å². The van der Waals surface area contributed by atoms with Gasteiger partial charge in [0.05, 0.1) is 12.2 Å². The Morgan fingerprint density at radius 3 is 2.55 bits per heavy atom. The summed E-state index contributed by atoms with van der Waals surface area (Å²) in [4.78, 5) is 0. The molecule has 0 spiro atoms. The van der Waals surface area contributed by atoms with Crippen molar-refractivity contribution in [3.8, 4) is 11.8 Å². The molecule has 0 amide bonds. The fourth-order valence-corrected chi connectivity index (χ4v) is 2.28. The van der Waals surface area contributed by atoms with Crippen molar-refractivity contribution in [2.75, 3.05) is 6.54 Å². The predicted molar refractivity (Wildman–Crippen MR) is 88.7 cm³/mol. The van der Waals surface area contributed by atoms with E-state index < -0.39 is 0 Å². The lowest BCUT2D eigenvalue weighted by atomic mass is 10.1. The highest BCUT2D eigenvalue weighted by molar-refractivity contribution is 5.33. The van der Waals surface area contributed by atoms with E-state index in [2.05, 4.69) is 23.5 Å². The van der Waals surface area contributed by atoms with Gasteiger partial charge >= 0.3 is 0 Å². The molecule has 0 aromatic heterocycles. The molecule has 0 radical (unpaired) electrons. The Morgan fingerprint density at radius 2 is 1.86 bits per heavy atom. The van der Waals surface area contributed by atoms with Crippen molar-refractivity contribution >= 4 is 0 Å². The Morgan fingerprint density at radius 1 is 1.09 bits per heavy atom. The van der Waals surface area contributed by atoms with Crippen molar-refractivity contribution in [2.24, 2.45) is 0 Å². The molecule has 0 aliphatic heterocycles. The zero-order valence-corrected chi connectivity index (χ0v) is 13.1. The molecule has 0 fully saturated rings. The number of ether oxygens (including phenoxy) is 1. The van der Waals surface area contributed by atoms with Gasteiger partial charge in [-0.1, -0.05) is 42.5 Å². The average molecular weight is 294 g/mol. The van der Waals surface area contributed by atoms with E-state index in [1.165, 1.54) is 5.56 Å². The maximum atomic E-state index is 9.40. The molecule has 2 rings (SSSR count). The molecule has 2 aromatic rings. The van der Waals surface area contributed by atoms with Crippen molar-refractivity contribution < 1.29 is 4.74 Å². The monoisotopic (exact) mass is 294 g/mol. The van der Waals surface area contributed by atoms with Crippen molar-refractivity contribution in [2.45, 2.75) is 32.4 Å². The van der Waals surface area contributed by atoms with E-state index in [0.29, 0.717) is 0 Å². The summed E-state index contributed by atoms with van der Waals surface area (Å²) in [5.41, 5.74) is 2.21. The third-order valence-electron chi connectivity index (χ3n) is 3.30. The zero-order valence-electron chi connectivity index (χ0n) is 13.1. The van der Waals surface area contributed by atoms with Crippen LogP contribution in [0.4, 0.5) is 0 Å².